The zero-order chi connectivity index (χ0) is 20.0. The summed E-state index contributed by atoms with van der Waals surface area (Å²) in [4.78, 5) is 24.9. The molecule has 0 radical (unpaired) electrons. The van der Waals surface area contributed by atoms with Crippen LogP contribution in [-0.2, 0) is 19.6 Å². The van der Waals surface area contributed by atoms with Gasteiger partial charge in [0.15, 0.2) is 6.54 Å². The second-order valence-electron chi connectivity index (χ2n) is 6.45. The lowest BCUT2D eigenvalue weighted by atomic mass is 10.3. The van der Waals surface area contributed by atoms with Gasteiger partial charge >= 0.3 is 0 Å². The highest BCUT2D eigenvalue weighted by Gasteiger charge is 2.32. The van der Waals surface area contributed by atoms with E-state index in [9.17, 15) is 18.0 Å². The Morgan fingerprint density at radius 3 is 2.48 bits per heavy atom. The molecule has 1 aromatic carbocycles. The van der Waals surface area contributed by atoms with E-state index in [1.54, 1.807) is 25.1 Å². The van der Waals surface area contributed by atoms with Crippen molar-refractivity contribution < 1.29 is 22.9 Å². The van der Waals surface area contributed by atoms with Crippen molar-refractivity contribution in [1.82, 2.24) is 14.9 Å². The number of amides is 2. The Labute approximate surface area is 164 Å². The summed E-state index contributed by atoms with van der Waals surface area (Å²) in [5.41, 5.74) is 0. The van der Waals surface area contributed by atoms with E-state index in [2.05, 4.69) is 10.6 Å². The summed E-state index contributed by atoms with van der Waals surface area (Å²) in [6.45, 7) is 5.78. The molecule has 1 saturated heterocycles. The van der Waals surface area contributed by atoms with Gasteiger partial charge in [0.05, 0.1) is 31.2 Å². The van der Waals surface area contributed by atoms with E-state index in [0.717, 1.165) is 4.90 Å². The number of hydrogen-bond donors (Lipinski definition) is 3. The van der Waals surface area contributed by atoms with E-state index in [1.807, 2.05) is 6.92 Å². The van der Waals surface area contributed by atoms with Crippen LogP contribution < -0.4 is 15.5 Å². The van der Waals surface area contributed by atoms with Gasteiger partial charge in [-0.05, 0) is 26.0 Å². The molecule has 0 unspecified atom stereocenters. The first-order valence-corrected chi connectivity index (χ1v) is 10.7. The zero-order valence-corrected chi connectivity index (χ0v) is 17.1. The van der Waals surface area contributed by atoms with Crippen LogP contribution >= 0.6 is 11.6 Å². The Morgan fingerprint density at radius 1 is 1.26 bits per heavy atom. The summed E-state index contributed by atoms with van der Waals surface area (Å²) in [6, 6.07) is 5.77. The molecule has 2 amide bonds. The van der Waals surface area contributed by atoms with Crippen LogP contribution in [0.5, 0.6) is 0 Å². The number of carbonyl (C=O) groups is 2. The van der Waals surface area contributed by atoms with Crippen LogP contribution in [0.2, 0.25) is 5.02 Å². The average molecular weight is 418 g/mol. The summed E-state index contributed by atoms with van der Waals surface area (Å²) < 4.78 is 26.9. The number of carbonyl (C=O) groups excluding carboxylic acids is 2. The maximum Gasteiger partial charge on any atom is 0.275 e. The number of rotatable bonds is 7. The summed E-state index contributed by atoms with van der Waals surface area (Å²) in [5, 5.41) is 5.52. The minimum atomic E-state index is -3.65. The molecule has 1 aliphatic heterocycles. The number of nitrogens with one attached hydrogen (secondary N) is 3. The van der Waals surface area contributed by atoms with Crippen LogP contribution in [0.15, 0.2) is 29.2 Å². The first-order chi connectivity index (χ1) is 12.8. The molecule has 0 aromatic heterocycles. The summed E-state index contributed by atoms with van der Waals surface area (Å²) in [6.07, 6.45) is 0. The molecule has 1 fully saturated rings. The lowest BCUT2D eigenvalue weighted by molar-refractivity contribution is -0.895. The van der Waals surface area contributed by atoms with Gasteiger partial charge in [-0.15, -0.1) is 0 Å². The van der Waals surface area contributed by atoms with Gasteiger partial charge in [-0.2, -0.15) is 4.31 Å². The molecule has 3 N–H and O–H groups in total. The molecule has 0 bridgehead atoms. The number of likely N-dealkylation sites (N-methyl/N-ethyl adjacent to an activating group) is 1. The Balaban J connectivity index is 1.87. The number of halogens is 1. The second-order valence-corrected chi connectivity index (χ2v) is 8.76. The molecule has 8 nitrogen and oxygen atoms in total. The molecule has 1 aromatic rings. The normalized spacial score (nSPS) is 17.3. The van der Waals surface area contributed by atoms with Gasteiger partial charge in [-0.25, -0.2) is 8.42 Å². The number of hydrogen-bond acceptors (Lipinski definition) is 4. The lowest BCUT2D eigenvalue weighted by Crippen LogP contribution is -3.15. The highest BCUT2D eigenvalue weighted by Crippen LogP contribution is 2.23. The van der Waals surface area contributed by atoms with Gasteiger partial charge in [0.25, 0.3) is 5.91 Å². The van der Waals surface area contributed by atoms with Gasteiger partial charge in [0.1, 0.15) is 10.9 Å². The number of quaternary nitrogens is 1. The molecule has 2 rings (SSSR count). The molecule has 0 aliphatic carbocycles. The van der Waals surface area contributed by atoms with E-state index >= 15 is 0 Å². The third kappa shape index (κ3) is 5.65. The van der Waals surface area contributed by atoms with E-state index < -0.39 is 16.1 Å². The molecular formula is C17H26ClN4O4S+. The van der Waals surface area contributed by atoms with Crippen LogP contribution in [0.25, 0.3) is 0 Å². The van der Waals surface area contributed by atoms with Crippen molar-refractivity contribution >= 4 is 33.4 Å². The fraction of sp³-hybridized carbons (Fsp3) is 0.529. The van der Waals surface area contributed by atoms with Crippen molar-refractivity contribution in [2.24, 2.45) is 0 Å². The summed E-state index contributed by atoms with van der Waals surface area (Å²) in [7, 11) is -3.65. The maximum absolute atomic E-state index is 12.7. The van der Waals surface area contributed by atoms with Crippen LogP contribution in [-0.4, -0.2) is 69.8 Å². The fourth-order valence-corrected chi connectivity index (χ4v) is 4.86. The first-order valence-electron chi connectivity index (χ1n) is 8.91. The monoisotopic (exact) mass is 417 g/mol. The van der Waals surface area contributed by atoms with Crippen molar-refractivity contribution in [3.05, 3.63) is 29.3 Å². The van der Waals surface area contributed by atoms with E-state index in [0.29, 0.717) is 32.7 Å². The maximum atomic E-state index is 12.7. The van der Waals surface area contributed by atoms with Gasteiger partial charge in [-0.1, -0.05) is 23.7 Å². The highest BCUT2D eigenvalue weighted by molar-refractivity contribution is 7.89. The largest absolute Gasteiger partial charge is 0.355 e. The third-order valence-electron chi connectivity index (χ3n) is 4.42. The van der Waals surface area contributed by atoms with Gasteiger partial charge in [-0.3, -0.25) is 9.59 Å². The molecule has 1 heterocycles. The number of sulfonamides is 1. The van der Waals surface area contributed by atoms with Gasteiger partial charge in [0.2, 0.25) is 15.9 Å². The average Bonchev–Trinajstić information content (AvgIpc) is 2.62. The Hall–Kier alpha value is -1.68. The summed E-state index contributed by atoms with van der Waals surface area (Å²) in [5.74, 6) is -0.456. The molecule has 0 spiro atoms. The van der Waals surface area contributed by atoms with Gasteiger partial charge in [0, 0.05) is 6.54 Å². The standard InChI is InChI=1S/C17H25ClN4O4S/c1-3-19-17(24)13(2)20-16(23)12-21-8-10-22(11-9-21)27(25,26)15-7-5-4-6-14(15)18/h4-7,13H,3,8-12H2,1-2H3,(H,19,24)(H,20,23)/p+1/t13-/m0/s1. The van der Waals surface area contributed by atoms with Crippen molar-refractivity contribution in [1.29, 1.82) is 0 Å². The van der Waals surface area contributed by atoms with Crippen molar-refractivity contribution in [2.75, 3.05) is 39.3 Å². The molecule has 10 heteroatoms. The molecule has 150 valence electrons. The van der Waals surface area contributed by atoms with E-state index in [1.165, 1.54) is 10.4 Å². The van der Waals surface area contributed by atoms with Gasteiger partial charge < -0.3 is 15.5 Å². The molecular weight excluding hydrogens is 392 g/mol. The lowest BCUT2D eigenvalue weighted by Gasteiger charge is -2.31. The van der Waals surface area contributed by atoms with E-state index in [4.69, 9.17) is 11.6 Å². The quantitative estimate of drug-likeness (QED) is 0.522. The number of piperazine rings is 1. The van der Waals surface area contributed by atoms with Crippen molar-refractivity contribution in [3.8, 4) is 0 Å². The van der Waals surface area contributed by atoms with E-state index in [-0.39, 0.29) is 28.3 Å². The first kappa shape index (κ1) is 21.6. The molecule has 0 saturated carbocycles. The molecule has 1 atom stereocenters. The van der Waals surface area contributed by atoms with Crippen LogP contribution in [0, 0.1) is 0 Å². The third-order valence-corrected chi connectivity index (χ3v) is 6.81. The zero-order valence-electron chi connectivity index (χ0n) is 15.5. The van der Waals surface area contributed by atoms with Crippen molar-refractivity contribution in [2.45, 2.75) is 24.8 Å². The number of nitrogens with zero attached hydrogens (tertiary/aromatic N) is 1. The second kappa shape index (κ2) is 9.50. The Morgan fingerprint density at radius 2 is 1.89 bits per heavy atom. The predicted octanol–water partition coefficient (Wildman–Crippen LogP) is -1.13. The van der Waals surface area contributed by atoms with Crippen LogP contribution in [0.3, 0.4) is 0 Å². The smallest absolute Gasteiger partial charge is 0.275 e. The minimum absolute atomic E-state index is 0.101. The van der Waals surface area contributed by atoms with Crippen LogP contribution in [0.1, 0.15) is 13.8 Å². The molecule has 27 heavy (non-hydrogen) atoms. The Kier molecular flexibility index (Phi) is 7.60. The topological polar surface area (TPSA) is 100 Å². The SMILES string of the molecule is CCNC(=O)[C@H](C)NC(=O)C[NH+]1CCN(S(=O)(=O)c2ccccc2Cl)CC1. The predicted molar refractivity (Wildman–Crippen MR) is 102 cm³/mol. The van der Waals surface area contributed by atoms with Crippen LogP contribution in [0.4, 0.5) is 0 Å². The minimum Gasteiger partial charge on any atom is -0.355 e. The van der Waals surface area contributed by atoms with Crippen molar-refractivity contribution in [3.63, 3.8) is 0 Å². The highest BCUT2D eigenvalue weighted by atomic mass is 35.5. The molecule has 1 aliphatic rings. The fourth-order valence-electron chi connectivity index (χ4n) is 2.93. The Bertz CT molecular complexity index is 779. The summed E-state index contributed by atoms with van der Waals surface area (Å²) >= 11 is 6.03. The number of benzene rings is 1.